The molecule has 100 valence electrons. The van der Waals surface area contributed by atoms with Crippen molar-refractivity contribution in [3.05, 3.63) is 21.9 Å². The Labute approximate surface area is 111 Å². The lowest BCUT2D eigenvalue weighted by atomic mass is 10.2. The SMILES string of the molecule is CCc1ccc(C(=O)N(CC(=O)O)C(C)CC)s1. The fraction of sp³-hybridized carbons (Fsp3) is 0.538. The smallest absolute Gasteiger partial charge is 0.323 e. The molecule has 0 aliphatic heterocycles. The highest BCUT2D eigenvalue weighted by Crippen LogP contribution is 2.20. The number of aliphatic carboxylic acids is 1. The van der Waals surface area contributed by atoms with Crippen molar-refractivity contribution >= 4 is 23.2 Å². The molecule has 1 N–H and O–H groups in total. The summed E-state index contributed by atoms with van der Waals surface area (Å²) in [4.78, 5) is 26.3. The van der Waals surface area contributed by atoms with Crippen LogP contribution in [0.25, 0.3) is 0 Å². The number of amides is 1. The van der Waals surface area contributed by atoms with Gasteiger partial charge in [0.25, 0.3) is 5.91 Å². The van der Waals surface area contributed by atoms with Gasteiger partial charge in [-0.1, -0.05) is 13.8 Å². The van der Waals surface area contributed by atoms with E-state index in [4.69, 9.17) is 5.11 Å². The highest BCUT2D eigenvalue weighted by Gasteiger charge is 2.23. The summed E-state index contributed by atoms with van der Waals surface area (Å²) in [7, 11) is 0. The molecule has 1 amide bonds. The summed E-state index contributed by atoms with van der Waals surface area (Å²) in [6.45, 7) is 5.60. The molecule has 0 spiro atoms. The summed E-state index contributed by atoms with van der Waals surface area (Å²) >= 11 is 1.44. The Balaban J connectivity index is 2.90. The van der Waals surface area contributed by atoms with Crippen molar-refractivity contribution in [2.45, 2.75) is 39.7 Å². The zero-order valence-electron chi connectivity index (χ0n) is 11.0. The third-order valence-corrected chi connectivity index (χ3v) is 4.13. The van der Waals surface area contributed by atoms with E-state index in [9.17, 15) is 9.59 Å². The number of carboxylic acid groups (broad SMARTS) is 1. The molecule has 0 saturated heterocycles. The Morgan fingerprint density at radius 3 is 2.50 bits per heavy atom. The first-order valence-electron chi connectivity index (χ1n) is 6.11. The van der Waals surface area contributed by atoms with Gasteiger partial charge in [-0.3, -0.25) is 9.59 Å². The van der Waals surface area contributed by atoms with Crippen LogP contribution in [0.2, 0.25) is 0 Å². The lowest BCUT2D eigenvalue weighted by Crippen LogP contribution is -2.41. The molecule has 0 aromatic carbocycles. The van der Waals surface area contributed by atoms with E-state index in [1.54, 1.807) is 6.07 Å². The Morgan fingerprint density at radius 1 is 1.39 bits per heavy atom. The number of carboxylic acids is 1. The first kappa shape index (κ1) is 14.7. The van der Waals surface area contributed by atoms with Crippen molar-refractivity contribution in [1.82, 2.24) is 4.90 Å². The molecule has 0 saturated carbocycles. The molecule has 0 radical (unpaired) electrons. The molecule has 0 aliphatic carbocycles. The van der Waals surface area contributed by atoms with Gasteiger partial charge >= 0.3 is 5.97 Å². The van der Waals surface area contributed by atoms with Gasteiger partial charge in [0, 0.05) is 10.9 Å². The average molecular weight is 269 g/mol. The van der Waals surface area contributed by atoms with Crippen molar-refractivity contribution in [2.24, 2.45) is 0 Å². The van der Waals surface area contributed by atoms with E-state index in [-0.39, 0.29) is 18.5 Å². The number of hydrogen-bond donors (Lipinski definition) is 1. The molecule has 5 heteroatoms. The molecule has 18 heavy (non-hydrogen) atoms. The average Bonchev–Trinajstić information content (AvgIpc) is 2.82. The molecule has 0 aliphatic rings. The first-order chi connectivity index (χ1) is 8.49. The van der Waals surface area contributed by atoms with Gasteiger partial charge in [0.2, 0.25) is 0 Å². The Hall–Kier alpha value is -1.36. The van der Waals surface area contributed by atoms with Crippen molar-refractivity contribution < 1.29 is 14.7 Å². The maximum absolute atomic E-state index is 12.3. The maximum atomic E-state index is 12.3. The number of carbonyl (C=O) groups excluding carboxylic acids is 1. The molecule has 1 atom stereocenters. The van der Waals surface area contributed by atoms with Crippen LogP contribution in [-0.4, -0.2) is 34.5 Å². The van der Waals surface area contributed by atoms with Crippen molar-refractivity contribution in [3.63, 3.8) is 0 Å². The highest BCUT2D eigenvalue weighted by atomic mass is 32.1. The number of thiophene rings is 1. The Bertz CT molecular complexity index is 428. The number of aryl methyl sites for hydroxylation is 1. The van der Waals surface area contributed by atoms with Crippen LogP contribution in [0.5, 0.6) is 0 Å². The van der Waals surface area contributed by atoms with Crippen molar-refractivity contribution in [1.29, 1.82) is 0 Å². The summed E-state index contributed by atoms with van der Waals surface area (Å²) in [5.74, 6) is -1.16. The summed E-state index contributed by atoms with van der Waals surface area (Å²) < 4.78 is 0. The minimum atomic E-state index is -0.976. The third-order valence-electron chi connectivity index (χ3n) is 2.91. The summed E-state index contributed by atoms with van der Waals surface area (Å²) in [6, 6.07) is 3.64. The molecule has 1 heterocycles. The molecule has 0 fully saturated rings. The fourth-order valence-corrected chi connectivity index (χ4v) is 2.52. The second-order valence-corrected chi connectivity index (χ2v) is 5.37. The predicted octanol–water partition coefficient (Wildman–Crippen LogP) is 2.64. The van der Waals surface area contributed by atoms with Crippen LogP contribution in [0.3, 0.4) is 0 Å². The van der Waals surface area contributed by atoms with Gasteiger partial charge in [-0.25, -0.2) is 0 Å². The van der Waals surface area contributed by atoms with E-state index in [1.165, 1.54) is 16.2 Å². The highest BCUT2D eigenvalue weighted by molar-refractivity contribution is 7.14. The molecule has 1 rings (SSSR count). The molecule has 1 aromatic rings. The Morgan fingerprint density at radius 2 is 2.06 bits per heavy atom. The van der Waals surface area contributed by atoms with Crippen LogP contribution < -0.4 is 0 Å². The first-order valence-corrected chi connectivity index (χ1v) is 6.92. The molecular weight excluding hydrogens is 250 g/mol. The lowest BCUT2D eigenvalue weighted by molar-refractivity contribution is -0.138. The number of nitrogens with zero attached hydrogens (tertiary/aromatic N) is 1. The maximum Gasteiger partial charge on any atom is 0.323 e. The molecule has 1 unspecified atom stereocenters. The largest absolute Gasteiger partial charge is 0.480 e. The summed E-state index contributed by atoms with van der Waals surface area (Å²) in [6.07, 6.45) is 1.63. The van der Waals surface area contributed by atoms with Gasteiger partial charge in [0.15, 0.2) is 0 Å². The number of rotatable bonds is 6. The van der Waals surface area contributed by atoms with Gasteiger partial charge in [-0.05, 0) is 31.9 Å². The molecule has 4 nitrogen and oxygen atoms in total. The van der Waals surface area contributed by atoms with Crippen LogP contribution in [0.1, 0.15) is 41.7 Å². The molecule has 1 aromatic heterocycles. The standard InChI is InChI=1S/C13H19NO3S/c1-4-9(3)14(8-12(15)16)13(17)11-7-6-10(5-2)18-11/h6-7,9H,4-5,8H2,1-3H3,(H,15,16). The number of hydrogen-bond acceptors (Lipinski definition) is 3. The predicted molar refractivity (Wildman–Crippen MR) is 72.1 cm³/mol. The zero-order chi connectivity index (χ0) is 13.7. The van der Waals surface area contributed by atoms with Gasteiger partial charge in [-0.15, -0.1) is 11.3 Å². The van der Waals surface area contributed by atoms with Gasteiger partial charge < -0.3 is 10.0 Å². The van der Waals surface area contributed by atoms with E-state index in [0.717, 1.165) is 17.7 Å². The van der Waals surface area contributed by atoms with E-state index < -0.39 is 5.97 Å². The molecule has 0 bridgehead atoms. The zero-order valence-corrected chi connectivity index (χ0v) is 11.8. The van der Waals surface area contributed by atoms with Crippen LogP contribution >= 0.6 is 11.3 Å². The van der Waals surface area contributed by atoms with E-state index in [0.29, 0.717) is 4.88 Å². The topological polar surface area (TPSA) is 57.6 Å². The Kier molecular flexibility index (Phi) is 5.34. The van der Waals surface area contributed by atoms with Crippen LogP contribution in [-0.2, 0) is 11.2 Å². The number of carbonyl (C=O) groups is 2. The van der Waals surface area contributed by atoms with Crippen molar-refractivity contribution in [2.75, 3.05) is 6.54 Å². The van der Waals surface area contributed by atoms with Crippen molar-refractivity contribution in [3.8, 4) is 0 Å². The minimum Gasteiger partial charge on any atom is -0.480 e. The second kappa shape index (κ2) is 6.54. The van der Waals surface area contributed by atoms with Gasteiger partial charge in [-0.2, -0.15) is 0 Å². The fourth-order valence-electron chi connectivity index (χ4n) is 1.62. The van der Waals surface area contributed by atoms with Gasteiger partial charge in [0.1, 0.15) is 6.54 Å². The van der Waals surface area contributed by atoms with Crippen LogP contribution in [0, 0.1) is 0 Å². The van der Waals surface area contributed by atoms with E-state index in [1.807, 2.05) is 26.8 Å². The minimum absolute atomic E-state index is 0.0687. The van der Waals surface area contributed by atoms with E-state index >= 15 is 0 Å². The normalized spacial score (nSPS) is 12.2. The third kappa shape index (κ3) is 3.57. The lowest BCUT2D eigenvalue weighted by Gasteiger charge is -2.26. The van der Waals surface area contributed by atoms with Crippen LogP contribution in [0.15, 0.2) is 12.1 Å². The van der Waals surface area contributed by atoms with Crippen LogP contribution in [0.4, 0.5) is 0 Å². The summed E-state index contributed by atoms with van der Waals surface area (Å²) in [5, 5.41) is 8.88. The van der Waals surface area contributed by atoms with E-state index in [2.05, 4.69) is 0 Å². The van der Waals surface area contributed by atoms with Gasteiger partial charge in [0.05, 0.1) is 4.88 Å². The molecular formula is C13H19NO3S. The monoisotopic (exact) mass is 269 g/mol. The second-order valence-electron chi connectivity index (χ2n) is 4.20. The quantitative estimate of drug-likeness (QED) is 0.863. The summed E-state index contributed by atoms with van der Waals surface area (Å²) in [5.41, 5.74) is 0.